The molecule has 0 bridgehead atoms. The second kappa shape index (κ2) is 3.81. The van der Waals surface area contributed by atoms with Crippen molar-refractivity contribution in [2.75, 3.05) is 7.05 Å². The molecule has 2 nitrogen and oxygen atoms in total. The molecule has 0 amide bonds. The second-order valence-corrected chi connectivity index (χ2v) is 3.22. The molecule has 0 aromatic carbocycles. The highest BCUT2D eigenvalue weighted by Gasteiger charge is 2.29. The number of likely N-dealkylation sites (tertiary alicyclic amines) is 1. The quantitative estimate of drug-likeness (QED) is 0.576. The minimum Gasteiger partial charge on any atom is -0.298 e. The summed E-state index contributed by atoms with van der Waals surface area (Å²) < 4.78 is 0. The number of Topliss-reactive ketones (excluding diaryl/α,β-unsaturated/α-hetero) is 1. The van der Waals surface area contributed by atoms with Gasteiger partial charge < -0.3 is 0 Å². The topological polar surface area (TPSA) is 20.3 Å². The van der Waals surface area contributed by atoms with Gasteiger partial charge in [-0.05, 0) is 33.7 Å². The SMILES string of the molecule is CC(=O)C1CCC(C)N1C.F. The van der Waals surface area contributed by atoms with Crippen LogP contribution in [0.4, 0.5) is 4.70 Å². The Morgan fingerprint density at radius 3 is 2.18 bits per heavy atom. The van der Waals surface area contributed by atoms with Crippen LogP contribution in [0.3, 0.4) is 0 Å². The molecule has 1 saturated heterocycles. The van der Waals surface area contributed by atoms with Gasteiger partial charge in [0.25, 0.3) is 0 Å². The normalized spacial score (nSPS) is 31.5. The molecule has 2 unspecified atom stereocenters. The Morgan fingerprint density at radius 2 is 2.00 bits per heavy atom. The van der Waals surface area contributed by atoms with Crippen molar-refractivity contribution in [2.45, 2.75) is 38.8 Å². The van der Waals surface area contributed by atoms with Gasteiger partial charge in [0.1, 0.15) is 5.78 Å². The first kappa shape index (κ1) is 10.6. The third kappa shape index (κ3) is 1.99. The monoisotopic (exact) mass is 161 g/mol. The molecule has 1 rings (SSSR count). The van der Waals surface area contributed by atoms with Crippen molar-refractivity contribution < 1.29 is 9.50 Å². The molecule has 0 radical (unpaired) electrons. The van der Waals surface area contributed by atoms with Crippen LogP contribution in [0, 0.1) is 0 Å². The number of hydrogen-bond donors (Lipinski definition) is 0. The van der Waals surface area contributed by atoms with Crippen LogP contribution in [0.2, 0.25) is 0 Å². The third-order valence-electron chi connectivity index (χ3n) is 2.51. The van der Waals surface area contributed by atoms with Crippen molar-refractivity contribution in [3.63, 3.8) is 0 Å². The van der Waals surface area contributed by atoms with Gasteiger partial charge in [0.05, 0.1) is 6.04 Å². The number of halogens is 1. The van der Waals surface area contributed by atoms with E-state index in [0.29, 0.717) is 11.8 Å². The molecular weight excluding hydrogens is 145 g/mol. The first-order chi connectivity index (χ1) is 4.63. The third-order valence-corrected chi connectivity index (χ3v) is 2.51. The number of nitrogens with zero attached hydrogens (tertiary/aromatic N) is 1. The van der Waals surface area contributed by atoms with E-state index in [0.717, 1.165) is 6.42 Å². The Kier molecular flexibility index (Phi) is 3.66. The van der Waals surface area contributed by atoms with Crippen LogP contribution >= 0.6 is 0 Å². The van der Waals surface area contributed by atoms with Crippen molar-refractivity contribution in [3.8, 4) is 0 Å². The molecule has 1 heterocycles. The summed E-state index contributed by atoms with van der Waals surface area (Å²) in [6.45, 7) is 3.85. The summed E-state index contributed by atoms with van der Waals surface area (Å²) in [6, 6.07) is 0.795. The molecule has 2 atom stereocenters. The summed E-state index contributed by atoms with van der Waals surface area (Å²) in [4.78, 5) is 13.1. The van der Waals surface area contributed by atoms with E-state index in [-0.39, 0.29) is 10.7 Å². The average molecular weight is 161 g/mol. The summed E-state index contributed by atoms with van der Waals surface area (Å²) in [5.74, 6) is 0.312. The van der Waals surface area contributed by atoms with Crippen LogP contribution in [0.15, 0.2) is 0 Å². The predicted molar refractivity (Wildman–Crippen MR) is 43.4 cm³/mol. The summed E-state index contributed by atoms with van der Waals surface area (Å²) in [6.07, 6.45) is 2.22. The van der Waals surface area contributed by atoms with Gasteiger partial charge >= 0.3 is 0 Å². The predicted octanol–water partition coefficient (Wildman–Crippen LogP) is 1.21. The Bertz CT molecular complexity index is 149. The van der Waals surface area contributed by atoms with E-state index in [4.69, 9.17) is 0 Å². The zero-order chi connectivity index (χ0) is 7.72. The molecule has 66 valence electrons. The van der Waals surface area contributed by atoms with Gasteiger partial charge in [0, 0.05) is 6.04 Å². The van der Waals surface area contributed by atoms with Gasteiger partial charge in [0.2, 0.25) is 0 Å². The molecule has 1 aliphatic rings. The summed E-state index contributed by atoms with van der Waals surface area (Å²) in [7, 11) is 2.03. The lowest BCUT2D eigenvalue weighted by Crippen LogP contribution is -2.34. The number of carbonyl (C=O) groups excluding carboxylic acids is 1. The highest BCUT2D eigenvalue weighted by molar-refractivity contribution is 5.81. The lowest BCUT2D eigenvalue weighted by atomic mass is 10.1. The number of hydrogen-bond acceptors (Lipinski definition) is 2. The fourth-order valence-electron chi connectivity index (χ4n) is 1.60. The van der Waals surface area contributed by atoms with Crippen molar-refractivity contribution in [2.24, 2.45) is 0 Å². The molecule has 1 fully saturated rings. The number of rotatable bonds is 1. The van der Waals surface area contributed by atoms with Crippen molar-refractivity contribution in [1.82, 2.24) is 4.90 Å². The van der Waals surface area contributed by atoms with Gasteiger partial charge in [-0.3, -0.25) is 14.4 Å². The van der Waals surface area contributed by atoms with E-state index in [1.165, 1.54) is 6.42 Å². The fourth-order valence-corrected chi connectivity index (χ4v) is 1.60. The Labute approximate surface area is 66.9 Å². The molecule has 0 aliphatic carbocycles. The largest absolute Gasteiger partial charge is 0.298 e. The molecular formula is C8H16FNO. The molecule has 0 aromatic rings. The van der Waals surface area contributed by atoms with Gasteiger partial charge in [-0.1, -0.05) is 0 Å². The Hall–Kier alpha value is -0.440. The minimum absolute atomic E-state index is 0. The molecule has 1 aliphatic heterocycles. The highest BCUT2D eigenvalue weighted by Crippen LogP contribution is 2.21. The fraction of sp³-hybridized carbons (Fsp3) is 0.875. The zero-order valence-electron chi connectivity index (χ0n) is 7.33. The minimum atomic E-state index is 0. The number of likely N-dealkylation sites (N-methyl/N-ethyl adjacent to an activating group) is 1. The van der Waals surface area contributed by atoms with E-state index in [9.17, 15) is 4.79 Å². The van der Waals surface area contributed by atoms with E-state index < -0.39 is 0 Å². The van der Waals surface area contributed by atoms with E-state index in [1.54, 1.807) is 6.92 Å². The maximum absolute atomic E-state index is 11.0. The maximum Gasteiger partial charge on any atom is 0.146 e. The van der Waals surface area contributed by atoms with Crippen molar-refractivity contribution in [1.29, 1.82) is 0 Å². The molecule has 3 heteroatoms. The van der Waals surface area contributed by atoms with Crippen LogP contribution in [-0.4, -0.2) is 29.8 Å². The standard InChI is InChI=1S/C8H15NO.FH/c1-6-4-5-8(7(2)10)9(6)3;/h6,8H,4-5H2,1-3H3;1H. The van der Waals surface area contributed by atoms with Crippen LogP contribution in [-0.2, 0) is 4.79 Å². The molecule has 0 N–H and O–H groups in total. The molecule has 0 aromatic heterocycles. The first-order valence-corrected chi connectivity index (χ1v) is 3.85. The molecule has 0 spiro atoms. The number of carbonyl (C=O) groups is 1. The van der Waals surface area contributed by atoms with Crippen molar-refractivity contribution in [3.05, 3.63) is 0 Å². The van der Waals surface area contributed by atoms with Crippen LogP contribution in [0.25, 0.3) is 0 Å². The number of ketones is 1. The smallest absolute Gasteiger partial charge is 0.146 e. The van der Waals surface area contributed by atoms with E-state index in [1.807, 2.05) is 7.05 Å². The zero-order valence-corrected chi connectivity index (χ0v) is 7.33. The van der Waals surface area contributed by atoms with Crippen LogP contribution < -0.4 is 0 Å². The molecule has 0 saturated carbocycles. The summed E-state index contributed by atoms with van der Waals surface area (Å²) in [5.41, 5.74) is 0. The highest BCUT2D eigenvalue weighted by atomic mass is 19.0. The lowest BCUT2D eigenvalue weighted by molar-refractivity contribution is -0.121. The average Bonchev–Trinajstić information content (AvgIpc) is 2.14. The van der Waals surface area contributed by atoms with E-state index >= 15 is 0 Å². The van der Waals surface area contributed by atoms with Gasteiger partial charge in [-0.2, -0.15) is 0 Å². The second-order valence-electron chi connectivity index (χ2n) is 3.22. The summed E-state index contributed by atoms with van der Waals surface area (Å²) in [5, 5.41) is 0. The Morgan fingerprint density at radius 1 is 1.45 bits per heavy atom. The lowest BCUT2D eigenvalue weighted by Gasteiger charge is -2.20. The van der Waals surface area contributed by atoms with E-state index in [2.05, 4.69) is 11.8 Å². The molecule has 11 heavy (non-hydrogen) atoms. The van der Waals surface area contributed by atoms with Crippen molar-refractivity contribution >= 4 is 5.78 Å². The maximum atomic E-state index is 11.0. The first-order valence-electron chi connectivity index (χ1n) is 3.85. The summed E-state index contributed by atoms with van der Waals surface area (Å²) >= 11 is 0. The van der Waals surface area contributed by atoms with Gasteiger partial charge in [-0.25, -0.2) is 0 Å². The van der Waals surface area contributed by atoms with Gasteiger partial charge in [-0.15, -0.1) is 0 Å². The van der Waals surface area contributed by atoms with Crippen LogP contribution in [0.5, 0.6) is 0 Å². The Balaban J connectivity index is 0.000001000. The van der Waals surface area contributed by atoms with Crippen LogP contribution in [0.1, 0.15) is 26.7 Å². The van der Waals surface area contributed by atoms with Gasteiger partial charge in [0.15, 0.2) is 0 Å².